The van der Waals surface area contributed by atoms with Crippen molar-refractivity contribution in [3.8, 4) is 0 Å². The number of hydrogen-bond donors (Lipinski definition) is 0. The summed E-state index contributed by atoms with van der Waals surface area (Å²) >= 11 is 0. The lowest BCUT2D eigenvalue weighted by Crippen LogP contribution is -2.39. The zero-order chi connectivity index (χ0) is 16.9. The Bertz CT molecular complexity index is 556. The van der Waals surface area contributed by atoms with E-state index in [1.54, 1.807) is 31.4 Å². The van der Waals surface area contributed by atoms with Gasteiger partial charge in [-0.2, -0.15) is 0 Å². The Kier molecular flexibility index (Phi) is 5.66. The van der Waals surface area contributed by atoms with E-state index in [1.165, 1.54) is 38.6 Å². The van der Waals surface area contributed by atoms with Gasteiger partial charge in [-0.25, -0.2) is 4.98 Å². The van der Waals surface area contributed by atoms with Crippen LogP contribution < -0.4 is 4.90 Å². The van der Waals surface area contributed by atoms with E-state index in [-0.39, 0.29) is 5.91 Å². The van der Waals surface area contributed by atoms with Crippen LogP contribution in [0.5, 0.6) is 0 Å². The summed E-state index contributed by atoms with van der Waals surface area (Å²) in [5.74, 6) is 0.733. The Morgan fingerprint density at radius 1 is 1.04 bits per heavy atom. The molecule has 6 heteroatoms. The first kappa shape index (κ1) is 17.1. The van der Waals surface area contributed by atoms with E-state index in [0.717, 1.165) is 37.9 Å². The van der Waals surface area contributed by atoms with Crippen molar-refractivity contribution in [2.45, 2.75) is 44.6 Å². The van der Waals surface area contributed by atoms with Crippen LogP contribution in [0.1, 0.15) is 49.0 Å². The summed E-state index contributed by atoms with van der Waals surface area (Å²) in [6.45, 7) is 4.20. The molecule has 6 nitrogen and oxygen atoms in total. The molecule has 0 bridgehead atoms. The molecule has 132 valence electrons. The maximum Gasteiger partial charge on any atom is 0.273 e. The minimum atomic E-state index is -0.0944. The molecule has 1 saturated heterocycles. The fraction of sp³-hybridized carbons (Fsp3) is 0.722. The molecular weight excluding hydrogens is 302 g/mol. The van der Waals surface area contributed by atoms with Crippen LogP contribution in [-0.2, 0) is 0 Å². The van der Waals surface area contributed by atoms with E-state index in [0.29, 0.717) is 5.69 Å². The third-order valence-electron chi connectivity index (χ3n) is 5.19. The maximum absolute atomic E-state index is 12.1. The quantitative estimate of drug-likeness (QED) is 0.848. The summed E-state index contributed by atoms with van der Waals surface area (Å²) in [7, 11) is 3.48. The van der Waals surface area contributed by atoms with Gasteiger partial charge in [-0.1, -0.05) is 19.3 Å². The van der Waals surface area contributed by atoms with Gasteiger partial charge in [0.2, 0.25) is 0 Å². The molecule has 0 radical (unpaired) electrons. The molecule has 3 rings (SSSR count). The molecule has 2 heterocycles. The molecule has 0 spiro atoms. The van der Waals surface area contributed by atoms with Gasteiger partial charge < -0.3 is 9.80 Å². The maximum atomic E-state index is 12.1. The second kappa shape index (κ2) is 7.92. The molecule has 1 aliphatic heterocycles. The van der Waals surface area contributed by atoms with Gasteiger partial charge in [0.05, 0.1) is 12.4 Å². The van der Waals surface area contributed by atoms with Crippen molar-refractivity contribution < 1.29 is 4.79 Å². The fourth-order valence-electron chi connectivity index (χ4n) is 3.82. The highest BCUT2D eigenvalue weighted by Crippen LogP contribution is 2.24. The van der Waals surface area contributed by atoms with Crippen molar-refractivity contribution in [2.24, 2.45) is 0 Å². The number of nitrogens with zero attached hydrogens (tertiary/aromatic N) is 5. The topological polar surface area (TPSA) is 52.6 Å². The van der Waals surface area contributed by atoms with E-state index >= 15 is 0 Å². The van der Waals surface area contributed by atoms with E-state index < -0.39 is 0 Å². The molecule has 0 aromatic carbocycles. The molecule has 1 amide bonds. The fourth-order valence-corrected chi connectivity index (χ4v) is 3.82. The second-order valence-corrected chi connectivity index (χ2v) is 7.13. The average molecular weight is 331 g/mol. The normalized spacial score (nSPS) is 20.7. The highest BCUT2D eigenvalue weighted by Gasteiger charge is 2.24. The van der Waals surface area contributed by atoms with Crippen molar-refractivity contribution >= 4 is 11.7 Å². The molecule has 2 fully saturated rings. The molecule has 24 heavy (non-hydrogen) atoms. The number of rotatable bonds is 3. The summed E-state index contributed by atoms with van der Waals surface area (Å²) in [6, 6.07) is 0.770. The van der Waals surface area contributed by atoms with Crippen molar-refractivity contribution in [3.63, 3.8) is 0 Å². The Morgan fingerprint density at radius 2 is 1.83 bits per heavy atom. The van der Waals surface area contributed by atoms with Crippen LogP contribution in [-0.4, -0.2) is 72.0 Å². The number of carbonyl (C=O) groups excluding carboxylic acids is 1. The zero-order valence-electron chi connectivity index (χ0n) is 14.9. The first-order chi connectivity index (χ1) is 11.6. The van der Waals surface area contributed by atoms with Crippen LogP contribution in [0.15, 0.2) is 12.4 Å². The van der Waals surface area contributed by atoms with Crippen LogP contribution in [0.4, 0.5) is 5.82 Å². The SMILES string of the molecule is CN(C)C(=O)c1cncc(N2CCCN(C3CCCCC3)CC2)n1. The molecule has 1 aliphatic carbocycles. The second-order valence-electron chi connectivity index (χ2n) is 7.13. The van der Waals surface area contributed by atoms with Gasteiger partial charge in [0.25, 0.3) is 5.91 Å². The summed E-state index contributed by atoms with van der Waals surface area (Å²) in [5.41, 5.74) is 0.422. The largest absolute Gasteiger partial charge is 0.354 e. The Morgan fingerprint density at radius 3 is 2.58 bits per heavy atom. The standard InChI is InChI=1S/C18H29N5O/c1-21(2)18(24)16-13-19-14-17(20-16)23-10-6-9-22(11-12-23)15-7-4-3-5-8-15/h13-15H,3-12H2,1-2H3. The van der Waals surface area contributed by atoms with Crippen LogP contribution in [0, 0.1) is 0 Å². The number of aromatic nitrogens is 2. The predicted molar refractivity (Wildman–Crippen MR) is 95.3 cm³/mol. The van der Waals surface area contributed by atoms with Gasteiger partial charge in [-0.3, -0.25) is 14.7 Å². The van der Waals surface area contributed by atoms with Gasteiger partial charge in [0.1, 0.15) is 11.5 Å². The molecule has 1 aromatic rings. The lowest BCUT2D eigenvalue weighted by molar-refractivity contribution is 0.0821. The van der Waals surface area contributed by atoms with Gasteiger partial charge in [-0.15, -0.1) is 0 Å². The van der Waals surface area contributed by atoms with Crippen LogP contribution >= 0.6 is 0 Å². The molecule has 0 unspecified atom stereocenters. The van der Waals surface area contributed by atoms with Gasteiger partial charge in [0, 0.05) is 46.3 Å². The summed E-state index contributed by atoms with van der Waals surface area (Å²) in [4.78, 5) is 27.4. The molecular formula is C18H29N5O. The lowest BCUT2D eigenvalue weighted by atomic mass is 9.94. The van der Waals surface area contributed by atoms with Crippen LogP contribution in [0.2, 0.25) is 0 Å². The highest BCUT2D eigenvalue weighted by molar-refractivity contribution is 5.91. The Labute approximate surface area is 144 Å². The number of hydrogen-bond acceptors (Lipinski definition) is 5. The first-order valence-corrected chi connectivity index (χ1v) is 9.18. The zero-order valence-corrected chi connectivity index (χ0v) is 14.9. The summed E-state index contributed by atoms with van der Waals surface area (Å²) < 4.78 is 0. The Balaban J connectivity index is 1.65. The van der Waals surface area contributed by atoms with Crippen LogP contribution in [0.25, 0.3) is 0 Å². The van der Waals surface area contributed by atoms with Gasteiger partial charge in [-0.05, 0) is 19.3 Å². The minimum absolute atomic E-state index is 0.0944. The number of anilines is 1. The third-order valence-corrected chi connectivity index (χ3v) is 5.19. The van der Waals surface area contributed by atoms with E-state index in [9.17, 15) is 4.79 Å². The highest BCUT2D eigenvalue weighted by atomic mass is 16.2. The van der Waals surface area contributed by atoms with E-state index in [1.807, 2.05) is 0 Å². The number of amides is 1. The minimum Gasteiger partial charge on any atom is -0.354 e. The monoisotopic (exact) mass is 331 g/mol. The third kappa shape index (κ3) is 4.04. The van der Waals surface area contributed by atoms with E-state index in [2.05, 4.69) is 19.8 Å². The molecule has 1 aromatic heterocycles. The van der Waals surface area contributed by atoms with Crippen molar-refractivity contribution in [2.75, 3.05) is 45.2 Å². The Hall–Kier alpha value is -1.69. The molecule has 0 atom stereocenters. The molecule has 1 saturated carbocycles. The van der Waals surface area contributed by atoms with Crippen molar-refractivity contribution in [1.82, 2.24) is 19.8 Å². The molecule has 2 aliphatic rings. The molecule has 0 N–H and O–H groups in total. The van der Waals surface area contributed by atoms with Crippen LogP contribution in [0.3, 0.4) is 0 Å². The smallest absolute Gasteiger partial charge is 0.273 e. The average Bonchev–Trinajstić information content (AvgIpc) is 2.88. The van der Waals surface area contributed by atoms with Gasteiger partial charge >= 0.3 is 0 Å². The van der Waals surface area contributed by atoms with E-state index in [4.69, 9.17) is 0 Å². The summed E-state index contributed by atoms with van der Waals surface area (Å²) in [5, 5.41) is 0. The summed E-state index contributed by atoms with van der Waals surface area (Å²) in [6.07, 6.45) is 11.3. The predicted octanol–water partition coefficient (Wildman–Crippen LogP) is 2.02. The van der Waals surface area contributed by atoms with Crippen molar-refractivity contribution in [3.05, 3.63) is 18.1 Å². The lowest BCUT2D eigenvalue weighted by Gasteiger charge is -2.33. The van der Waals surface area contributed by atoms with Gasteiger partial charge in [0.15, 0.2) is 0 Å². The number of carbonyl (C=O) groups is 1. The first-order valence-electron chi connectivity index (χ1n) is 9.18. The van der Waals surface area contributed by atoms with Crippen molar-refractivity contribution in [1.29, 1.82) is 0 Å².